The summed E-state index contributed by atoms with van der Waals surface area (Å²) in [6.07, 6.45) is 4.51. The predicted octanol–water partition coefficient (Wildman–Crippen LogP) is 1.08. The van der Waals surface area contributed by atoms with Crippen LogP contribution in [0, 0.1) is 6.92 Å². The highest BCUT2D eigenvalue weighted by Gasteiger charge is 2.20. The van der Waals surface area contributed by atoms with Crippen molar-refractivity contribution in [1.82, 2.24) is 15.3 Å². The van der Waals surface area contributed by atoms with Gasteiger partial charge in [-0.3, -0.25) is 0 Å². The molecule has 1 aromatic heterocycles. The SMILES string of the molecule is CNc1nc(C)ncc1CNC1CC1. The van der Waals surface area contributed by atoms with Gasteiger partial charge in [-0.2, -0.15) is 0 Å². The fourth-order valence-electron chi connectivity index (χ4n) is 1.38. The molecule has 0 amide bonds. The fraction of sp³-hybridized carbons (Fsp3) is 0.600. The van der Waals surface area contributed by atoms with Crippen molar-refractivity contribution in [3.05, 3.63) is 17.6 Å². The van der Waals surface area contributed by atoms with E-state index < -0.39 is 0 Å². The normalized spacial score (nSPS) is 15.6. The Bertz CT molecular complexity index is 320. The summed E-state index contributed by atoms with van der Waals surface area (Å²) in [6.45, 7) is 2.76. The highest BCUT2D eigenvalue weighted by atomic mass is 15.0. The molecule has 1 aliphatic rings. The Labute approximate surface area is 84.2 Å². The zero-order valence-electron chi connectivity index (χ0n) is 8.67. The maximum absolute atomic E-state index is 4.33. The lowest BCUT2D eigenvalue weighted by atomic mass is 10.3. The minimum atomic E-state index is 0.723. The molecule has 0 bridgehead atoms. The summed E-state index contributed by atoms with van der Waals surface area (Å²) in [6, 6.07) is 0.723. The number of hydrogen-bond donors (Lipinski definition) is 2. The smallest absolute Gasteiger partial charge is 0.133 e. The van der Waals surface area contributed by atoms with Gasteiger partial charge in [-0.05, 0) is 19.8 Å². The van der Waals surface area contributed by atoms with Gasteiger partial charge < -0.3 is 10.6 Å². The lowest BCUT2D eigenvalue weighted by Crippen LogP contribution is -2.17. The van der Waals surface area contributed by atoms with Gasteiger partial charge in [-0.1, -0.05) is 0 Å². The van der Waals surface area contributed by atoms with Gasteiger partial charge >= 0.3 is 0 Å². The number of nitrogens with zero attached hydrogens (tertiary/aromatic N) is 2. The summed E-state index contributed by atoms with van der Waals surface area (Å²) < 4.78 is 0. The molecular formula is C10H16N4. The van der Waals surface area contributed by atoms with E-state index in [0.29, 0.717) is 0 Å². The Morgan fingerprint density at radius 1 is 1.50 bits per heavy atom. The summed E-state index contributed by atoms with van der Waals surface area (Å²) in [4.78, 5) is 8.52. The van der Waals surface area contributed by atoms with E-state index in [2.05, 4.69) is 20.6 Å². The van der Waals surface area contributed by atoms with Crippen LogP contribution in [0.15, 0.2) is 6.20 Å². The van der Waals surface area contributed by atoms with Crippen LogP contribution in [-0.4, -0.2) is 23.1 Å². The van der Waals surface area contributed by atoms with Crippen LogP contribution in [0.2, 0.25) is 0 Å². The average Bonchev–Trinajstić information content (AvgIpc) is 2.99. The number of aryl methyl sites for hydroxylation is 1. The summed E-state index contributed by atoms with van der Waals surface area (Å²) in [5, 5.41) is 6.54. The van der Waals surface area contributed by atoms with Crippen molar-refractivity contribution in [2.24, 2.45) is 0 Å². The molecule has 2 rings (SSSR count). The van der Waals surface area contributed by atoms with Crippen molar-refractivity contribution in [1.29, 1.82) is 0 Å². The Morgan fingerprint density at radius 3 is 2.93 bits per heavy atom. The maximum Gasteiger partial charge on any atom is 0.133 e. The second-order valence-electron chi connectivity index (χ2n) is 3.70. The summed E-state index contributed by atoms with van der Waals surface area (Å²) in [5.41, 5.74) is 1.14. The van der Waals surface area contributed by atoms with E-state index in [-0.39, 0.29) is 0 Å². The van der Waals surface area contributed by atoms with E-state index in [0.717, 1.165) is 29.8 Å². The van der Waals surface area contributed by atoms with Crippen molar-refractivity contribution in [2.75, 3.05) is 12.4 Å². The molecule has 0 aromatic carbocycles. The molecule has 0 aliphatic heterocycles. The minimum absolute atomic E-state index is 0.723. The third-order valence-electron chi connectivity index (χ3n) is 2.38. The summed E-state index contributed by atoms with van der Waals surface area (Å²) in [7, 11) is 1.89. The summed E-state index contributed by atoms with van der Waals surface area (Å²) in [5.74, 6) is 1.75. The number of anilines is 1. The van der Waals surface area contributed by atoms with E-state index >= 15 is 0 Å². The fourth-order valence-corrected chi connectivity index (χ4v) is 1.38. The molecule has 1 aliphatic carbocycles. The molecule has 0 spiro atoms. The topological polar surface area (TPSA) is 49.8 Å². The van der Waals surface area contributed by atoms with Crippen LogP contribution in [0.25, 0.3) is 0 Å². The van der Waals surface area contributed by atoms with Gasteiger partial charge in [0.1, 0.15) is 11.6 Å². The van der Waals surface area contributed by atoms with Gasteiger partial charge in [0.25, 0.3) is 0 Å². The van der Waals surface area contributed by atoms with Crippen molar-refractivity contribution >= 4 is 5.82 Å². The largest absolute Gasteiger partial charge is 0.373 e. The number of aromatic nitrogens is 2. The van der Waals surface area contributed by atoms with Gasteiger partial charge in [0.15, 0.2) is 0 Å². The second-order valence-corrected chi connectivity index (χ2v) is 3.70. The molecule has 0 saturated heterocycles. The van der Waals surface area contributed by atoms with E-state index in [1.165, 1.54) is 12.8 Å². The zero-order valence-corrected chi connectivity index (χ0v) is 8.67. The van der Waals surface area contributed by atoms with Gasteiger partial charge in [0.2, 0.25) is 0 Å². The molecule has 0 atom stereocenters. The standard InChI is InChI=1S/C10H16N4/c1-7-12-5-8(10(11-2)14-7)6-13-9-3-4-9/h5,9,13H,3-4,6H2,1-2H3,(H,11,12,14). The van der Waals surface area contributed by atoms with E-state index in [1.54, 1.807) is 0 Å². The highest BCUT2D eigenvalue weighted by molar-refractivity contribution is 5.42. The van der Waals surface area contributed by atoms with Crippen molar-refractivity contribution < 1.29 is 0 Å². The Morgan fingerprint density at radius 2 is 2.29 bits per heavy atom. The molecule has 14 heavy (non-hydrogen) atoms. The second kappa shape index (κ2) is 3.92. The van der Waals surface area contributed by atoms with Crippen LogP contribution in [-0.2, 0) is 6.54 Å². The molecule has 0 radical (unpaired) electrons. The molecule has 0 unspecified atom stereocenters. The third kappa shape index (κ3) is 2.20. The van der Waals surface area contributed by atoms with Crippen LogP contribution in [0.3, 0.4) is 0 Å². The summed E-state index contributed by atoms with van der Waals surface area (Å²) >= 11 is 0. The first-order chi connectivity index (χ1) is 6.79. The first kappa shape index (κ1) is 9.40. The lowest BCUT2D eigenvalue weighted by Gasteiger charge is -2.08. The Hall–Kier alpha value is -1.16. The average molecular weight is 192 g/mol. The lowest BCUT2D eigenvalue weighted by molar-refractivity contribution is 0.684. The van der Waals surface area contributed by atoms with Gasteiger partial charge in [-0.15, -0.1) is 0 Å². The quantitative estimate of drug-likeness (QED) is 0.749. The Kier molecular flexibility index (Phi) is 2.63. The third-order valence-corrected chi connectivity index (χ3v) is 2.38. The van der Waals surface area contributed by atoms with Gasteiger partial charge in [0.05, 0.1) is 0 Å². The molecule has 2 N–H and O–H groups in total. The van der Waals surface area contributed by atoms with Crippen LogP contribution >= 0.6 is 0 Å². The number of hydrogen-bond acceptors (Lipinski definition) is 4. The first-order valence-corrected chi connectivity index (χ1v) is 5.03. The van der Waals surface area contributed by atoms with Crippen molar-refractivity contribution in [3.8, 4) is 0 Å². The highest BCUT2D eigenvalue weighted by Crippen LogP contribution is 2.20. The Balaban J connectivity index is 2.05. The zero-order chi connectivity index (χ0) is 9.97. The van der Waals surface area contributed by atoms with E-state index in [9.17, 15) is 0 Å². The predicted molar refractivity (Wildman–Crippen MR) is 56.2 cm³/mol. The van der Waals surface area contributed by atoms with Crippen LogP contribution in [0.5, 0.6) is 0 Å². The molecule has 4 heteroatoms. The minimum Gasteiger partial charge on any atom is -0.373 e. The monoisotopic (exact) mass is 192 g/mol. The molecule has 1 saturated carbocycles. The van der Waals surface area contributed by atoms with Crippen LogP contribution in [0.1, 0.15) is 24.2 Å². The van der Waals surface area contributed by atoms with E-state index in [1.807, 2.05) is 20.2 Å². The van der Waals surface area contributed by atoms with Crippen molar-refractivity contribution in [2.45, 2.75) is 32.4 Å². The van der Waals surface area contributed by atoms with Gasteiger partial charge in [-0.25, -0.2) is 9.97 Å². The molecule has 1 aromatic rings. The molecule has 76 valence electrons. The van der Waals surface area contributed by atoms with Gasteiger partial charge in [0, 0.05) is 31.4 Å². The molecule has 1 fully saturated rings. The van der Waals surface area contributed by atoms with Crippen LogP contribution in [0.4, 0.5) is 5.82 Å². The molecule has 1 heterocycles. The molecule has 4 nitrogen and oxygen atoms in total. The van der Waals surface area contributed by atoms with Crippen LogP contribution < -0.4 is 10.6 Å². The molecular weight excluding hydrogens is 176 g/mol. The van der Waals surface area contributed by atoms with E-state index in [4.69, 9.17) is 0 Å². The number of rotatable bonds is 4. The number of nitrogens with one attached hydrogen (secondary N) is 2. The van der Waals surface area contributed by atoms with Crippen molar-refractivity contribution in [3.63, 3.8) is 0 Å². The first-order valence-electron chi connectivity index (χ1n) is 5.03. The maximum atomic E-state index is 4.33.